The molecule has 2 heterocycles. The van der Waals surface area contributed by atoms with E-state index in [2.05, 4.69) is 20.4 Å². The molecule has 2 aromatic carbocycles. The van der Waals surface area contributed by atoms with Gasteiger partial charge in [0.2, 0.25) is 11.7 Å². The number of rotatable bonds is 6. The van der Waals surface area contributed by atoms with Gasteiger partial charge < -0.3 is 10.1 Å². The highest BCUT2D eigenvalue weighted by atomic mass is 16.5. The van der Waals surface area contributed by atoms with Crippen LogP contribution in [-0.2, 0) is 4.79 Å². The molecule has 8 nitrogen and oxygen atoms in total. The van der Waals surface area contributed by atoms with Gasteiger partial charge in [-0.25, -0.2) is 9.50 Å². The molecule has 0 fully saturated rings. The van der Waals surface area contributed by atoms with E-state index in [0.717, 1.165) is 17.7 Å². The van der Waals surface area contributed by atoms with Crippen LogP contribution in [-0.4, -0.2) is 32.6 Å². The van der Waals surface area contributed by atoms with Crippen LogP contribution in [0.1, 0.15) is 19.8 Å². The van der Waals surface area contributed by atoms with Crippen LogP contribution in [0.15, 0.2) is 59.5 Å². The molecule has 8 heteroatoms. The van der Waals surface area contributed by atoms with Gasteiger partial charge in [0.15, 0.2) is 5.69 Å². The van der Waals surface area contributed by atoms with Crippen LogP contribution in [0.5, 0.6) is 5.75 Å². The van der Waals surface area contributed by atoms with Crippen LogP contribution in [0, 0.1) is 0 Å². The van der Waals surface area contributed by atoms with Gasteiger partial charge in [0.05, 0.1) is 24.7 Å². The van der Waals surface area contributed by atoms with Crippen LogP contribution in [0.3, 0.4) is 0 Å². The minimum absolute atomic E-state index is 0.105. The summed E-state index contributed by atoms with van der Waals surface area (Å²) in [5.74, 6) is 0.979. The minimum Gasteiger partial charge on any atom is -0.497 e. The van der Waals surface area contributed by atoms with Crippen molar-refractivity contribution < 1.29 is 9.53 Å². The van der Waals surface area contributed by atoms with Crippen LogP contribution in [0.25, 0.3) is 28.3 Å². The molecule has 2 aromatic heterocycles. The number of para-hydroxylation sites is 1. The lowest BCUT2D eigenvalue weighted by Crippen LogP contribution is -2.17. The summed E-state index contributed by atoms with van der Waals surface area (Å²) in [6, 6.07) is 14.6. The normalized spacial score (nSPS) is 10.9. The van der Waals surface area contributed by atoms with Crippen LogP contribution in [0.4, 0.5) is 5.69 Å². The molecule has 0 spiro atoms. The number of nitrogens with one attached hydrogen (secondary N) is 2. The molecule has 0 bridgehead atoms. The van der Waals surface area contributed by atoms with Crippen molar-refractivity contribution >= 4 is 17.4 Å². The summed E-state index contributed by atoms with van der Waals surface area (Å²) in [4.78, 5) is 32.0. The largest absolute Gasteiger partial charge is 0.497 e. The fourth-order valence-corrected chi connectivity index (χ4v) is 3.16. The van der Waals surface area contributed by atoms with Gasteiger partial charge in [-0.1, -0.05) is 25.1 Å². The van der Waals surface area contributed by atoms with E-state index < -0.39 is 0 Å². The van der Waals surface area contributed by atoms with Crippen molar-refractivity contribution in [1.29, 1.82) is 0 Å². The van der Waals surface area contributed by atoms with Gasteiger partial charge in [-0.05, 0) is 36.8 Å². The summed E-state index contributed by atoms with van der Waals surface area (Å²) < 4.78 is 6.71. The molecular weight excluding hydrogens is 382 g/mol. The van der Waals surface area contributed by atoms with Gasteiger partial charge in [0.25, 0.3) is 5.56 Å². The highest BCUT2D eigenvalue weighted by Crippen LogP contribution is 2.25. The summed E-state index contributed by atoms with van der Waals surface area (Å²) in [6.45, 7) is 1.94. The first-order chi connectivity index (χ1) is 14.6. The molecular formula is C22H21N5O3. The molecule has 4 rings (SSSR count). The van der Waals surface area contributed by atoms with Gasteiger partial charge in [-0.3, -0.25) is 14.6 Å². The standard InChI is InChI=1S/C22H21N5O3/c1-3-6-19(28)23-17-8-5-4-7-16(17)20-21(29)25-22-24-18(13-27(22)26-20)14-9-11-15(30-2)12-10-14/h4-5,7-13H,3,6H2,1-2H3,(H,23,28)(H,24,25,29). The molecule has 0 atom stereocenters. The maximum Gasteiger partial charge on any atom is 0.279 e. The molecule has 1 amide bonds. The first-order valence-electron chi connectivity index (χ1n) is 9.62. The second-order valence-corrected chi connectivity index (χ2v) is 6.77. The predicted octanol–water partition coefficient (Wildman–Crippen LogP) is 3.50. The maximum absolute atomic E-state index is 12.7. The number of carbonyl (C=O) groups is 1. The van der Waals surface area contributed by atoms with Crippen molar-refractivity contribution in [1.82, 2.24) is 19.6 Å². The zero-order chi connectivity index (χ0) is 21.1. The van der Waals surface area contributed by atoms with E-state index in [9.17, 15) is 9.59 Å². The Morgan fingerprint density at radius 2 is 1.93 bits per heavy atom. The topological polar surface area (TPSA) is 101 Å². The van der Waals surface area contributed by atoms with Crippen LogP contribution < -0.4 is 15.6 Å². The number of fused-ring (bicyclic) bond motifs is 1. The van der Waals surface area contributed by atoms with E-state index in [4.69, 9.17) is 4.74 Å². The van der Waals surface area contributed by atoms with Crippen LogP contribution in [0.2, 0.25) is 0 Å². The summed E-state index contributed by atoms with van der Waals surface area (Å²) in [5, 5.41) is 7.33. The molecule has 30 heavy (non-hydrogen) atoms. The van der Waals surface area contributed by atoms with Gasteiger partial charge in [0.1, 0.15) is 5.75 Å². The average molecular weight is 403 g/mol. The Kier molecular flexibility index (Phi) is 5.30. The molecule has 0 aliphatic carbocycles. The summed E-state index contributed by atoms with van der Waals surface area (Å²) >= 11 is 0. The number of hydrogen-bond donors (Lipinski definition) is 2. The Morgan fingerprint density at radius 1 is 1.17 bits per heavy atom. The quantitative estimate of drug-likeness (QED) is 0.513. The number of anilines is 1. The highest BCUT2D eigenvalue weighted by molar-refractivity contribution is 5.94. The number of methoxy groups -OCH3 is 1. The lowest BCUT2D eigenvalue weighted by Gasteiger charge is -2.10. The number of ether oxygens (including phenoxy) is 1. The minimum atomic E-state index is -0.383. The third-order valence-corrected chi connectivity index (χ3v) is 4.66. The van der Waals surface area contributed by atoms with Crippen molar-refractivity contribution in [3.63, 3.8) is 0 Å². The van der Waals surface area contributed by atoms with Crippen molar-refractivity contribution in [3.8, 4) is 28.3 Å². The molecule has 0 aliphatic heterocycles. The van der Waals surface area contributed by atoms with E-state index in [-0.39, 0.29) is 17.2 Å². The third kappa shape index (κ3) is 3.80. The number of H-pyrrole nitrogens is 1. The Balaban J connectivity index is 1.75. The SMILES string of the molecule is CCCC(=O)Nc1ccccc1-c1nn2cc(-c3ccc(OC)cc3)nc2[nH]c1=O. The Labute approximate surface area is 172 Å². The van der Waals surface area contributed by atoms with Gasteiger partial charge in [-0.2, -0.15) is 5.10 Å². The van der Waals surface area contributed by atoms with Gasteiger partial charge in [-0.15, -0.1) is 0 Å². The summed E-state index contributed by atoms with van der Waals surface area (Å²) in [7, 11) is 1.61. The molecule has 152 valence electrons. The molecule has 0 saturated carbocycles. The zero-order valence-corrected chi connectivity index (χ0v) is 16.7. The van der Waals surface area contributed by atoms with Crippen molar-refractivity contribution in [3.05, 3.63) is 65.1 Å². The number of amides is 1. The number of aromatic nitrogens is 4. The summed E-state index contributed by atoms with van der Waals surface area (Å²) in [6.07, 6.45) is 2.89. The second-order valence-electron chi connectivity index (χ2n) is 6.77. The Hall–Kier alpha value is -3.94. The number of benzene rings is 2. The zero-order valence-electron chi connectivity index (χ0n) is 16.7. The number of aromatic amines is 1. The monoisotopic (exact) mass is 403 g/mol. The Morgan fingerprint density at radius 3 is 2.67 bits per heavy atom. The van der Waals surface area contributed by atoms with E-state index in [1.807, 2.05) is 31.2 Å². The predicted molar refractivity (Wildman–Crippen MR) is 115 cm³/mol. The molecule has 0 aliphatic rings. The number of hydrogen-bond acceptors (Lipinski definition) is 5. The molecule has 0 unspecified atom stereocenters. The molecule has 0 radical (unpaired) electrons. The van der Waals surface area contributed by atoms with E-state index in [1.54, 1.807) is 37.6 Å². The molecule has 0 saturated heterocycles. The first kappa shape index (κ1) is 19.4. The van der Waals surface area contributed by atoms with Crippen molar-refractivity contribution in [2.45, 2.75) is 19.8 Å². The fourth-order valence-electron chi connectivity index (χ4n) is 3.16. The third-order valence-electron chi connectivity index (χ3n) is 4.66. The smallest absolute Gasteiger partial charge is 0.279 e. The maximum atomic E-state index is 12.7. The molecule has 4 aromatic rings. The average Bonchev–Trinajstić information content (AvgIpc) is 3.16. The lowest BCUT2D eigenvalue weighted by molar-refractivity contribution is -0.116. The summed E-state index contributed by atoms with van der Waals surface area (Å²) in [5.41, 5.74) is 2.45. The first-order valence-corrected chi connectivity index (χ1v) is 9.62. The van der Waals surface area contributed by atoms with Crippen molar-refractivity contribution in [2.75, 3.05) is 12.4 Å². The lowest BCUT2D eigenvalue weighted by atomic mass is 10.1. The van der Waals surface area contributed by atoms with E-state index in [1.165, 1.54) is 4.52 Å². The van der Waals surface area contributed by atoms with Crippen LogP contribution >= 0.6 is 0 Å². The Bertz CT molecular complexity index is 1260. The number of carbonyl (C=O) groups excluding carboxylic acids is 1. The van der Waals surface area contributed by atoms with Gasteiger partial charge in [0, 0.05) is 17.5 Å². The van der Waals surface area contributed by atoms with Gasteiger partial charge >= 0.3 is 0 Å². The van der Waals surface area contributed by atoms with E-state index >= 15 is 0 Å². The molecule has 2 N–H and O–H groups in total. The highest BCUT2D eigenvalue weighted by Gasteiger charge is 2.15. The van der Waals surface area contributed by atoms with Crippen molar-refractivity contribution in [2.24, 2.45) is 0 Å². The number of nitrogens with zero attached hydrogens (tertiary/aromatic N) is 3. The number of imidazole rings is 1. The second kappa shape index (κ2) is 8.20. The van der Waals surface area contributed by atoms with E-state index in [0.29, 0.717) is 29.1 Å². The fraction of sp³-hybridized carbons (Fsp3) is 0.182.